The monoisotopic (exact) mass is 235 g/mol. The highest BCUT2D eigenvalue weighted by Crippen LogP contribution is 2.32. The number of unbranched alkanes of at least 4 members (excludes halogenated alkanes) is 1. The summed E-state index contributed by atoms with van der Waals surface area (Å²) in [7, 11) is 0. The topological polar surface area (TPSA) is 46.2 Å². The van der Waals surface area contributed by atoms with Gasteiger partial charge in [-0.3, -0.25) is 0 Å². The number of phenolic OH excluding ortho intramolecular Hbond substituents is 1. The largest absolute Gasteiger partial charge is 0.507 e. The molecule has 1 aromatic carbocycles. The zero-order valence-corrected chi connectivity index (χ0v) is 11.3. The third-order valence-corrected chi connectivity index (χ3v) is 3.29. The summed E-state index contributed by atoms with van der Waals surface area (Å²) in [5.74, 6) is 0.968. The number of phenols is 1. The fourth-order valence-electron chi connectivity index (χ4n) is 2.24. The van der Waals surface area contributed by atoms with Crippen LogP contribution in [0, 0.1) is 0 Å². The fourth-order valence-corrected chi connectivity index (χ4v) is 2.24. The summed E-state index contributed by atoms with van der Waals surface area (Å²) in [6.45, 7) is 7.15. The summed E-state index contributed by atoms with van der Waals surface area (Å²) in [5, 5.41) is 10.3. The maximum absolute atomic E-state index is 10.3. The average Bonchev–Trinajstić information content (AvgIpc) is 2.31. The number of nitrogens with two attached hydrogens (primary N) is 1. The van der Waals surface area contributed by atoms with Gasteiger partial charge in [0.25, 0.3) is 0 Å². The molecule has 0 aliphatic heterocycles. The molecule has 0 aromatic heterocycles. The minimum absolute atomic E-state index is 0.458. The first-order valence-electron chi connectivity index (χ1n) is 6.65. The Morgan fingerprint density at radius 2 is 1.94 bits per heavy atom. The third kappa shape index (κ3) is 3.47. The first-order valence-corrected chi connectivity index (χ1v) is 6.65. The molecule has 0 heterocycles. The van der Waals surface area contributed by atoms with E-state index in [2.05, 4.69) is 32.9 Å². The van der Waals surface area contributed by atoms with Crippen LogP contribution in [0.5, 0.6) is 5.75 Å². The van der Waals surface area contributed by atoms with E-state index in [9.17, 15) is 5.11 Å². The number of rotatable bonds is 6. The van der Waals surface area contributed by atoms with Gasteiger partial charge in [-0.2, -0.15) is 0 Å². The second-order valence-electron chi connectivity index (χ2n) is 4.90. The summed E-state index contributed by atoms with van der Waals surface area (Å²) < 4.78 is 0. The van der Waals surface area contributed by atoms with Gasteiger partial charge in [-0.15, -0.1) is 0 Å². The van der Waals surface area contributed by atoms with Gasteiger partial charge < -0.3 is 10.8 Å². The number of aromatic hydroxyl groups is 1. The Labute approximate surface area is 105 Å². The first-order chi connectivity index (χ1) is 8.11. The Kier molecular flexibility index (Phi) is 5.49. The van der Waals surface area contributed by atoms with Crippen molar-refractivity contribution in [2.24, 2.45) is 5.73 Å². The van der Waals surface area contributed by atoms with Crippen LogP contribution in [0.1, 0.15) is 56.2 Å². The van der Waals surface area contributed by atoms with Gasteiger partial charge in [0.1, 0.15) is 5.75 Å². The highest BCUT2D eigenvalue weighted by molar-refractivity contribution is 5.46. The van der Waals surface area contributed by atoms with E-state index in [1.54, 1.807) is 0 Å². The van der Waals surface area contributed by atoms with Gasteiger partial charge >= 0.3 is 0 Å². The van der Waals surface area contributed by atoms with E-state index < -0.39 is 0 Å². The van der Waals surface area contributed by atoms with Crippen LogP contribution >= 0.6 is 0 Å². The molecule has 17 heavy (non-hydrogen) atoms. The van der Waals surface area contributed by atoms with Crippen LogP contribution in [0.25, 0.3) is 0 Å². The molecule has 0 amide bonds. The Hall–Kier alpha value is -1.02. The summed E-state index contributed by atoms with van der Waals surface area (Å²) >= 11 is 0. The van der Waals surface area contributed by atoms with Crippen LogP contribution < -0.4 is 5.73 Å². The standard InChI is InChI=1S/C15H25NO/c1-4-12-8-9-13(11(2)3)14(15(12)17)7-5-6-10-16/h8-9,11,17H,4-7,10,16H2,1-3H3. The minimum atomic E-state index is 0.458. The van der Waals surface area contributed by atoms with Gasteiger partial charge in [-0.05, 0) is 54.8 Å². The molecule has 0 fully saturated rings. The maximum atomic E-state index is 10.3. The van der Waals surface area contributed by atoms with Crippen LogP contribution in [0.15, 0.2) is 12.1 Å². The zero-order chi connectivity index (χ0) is 12.8. The fraction of sp³-hybridized carbons (Fsp3) is 0.600. The number of hydrogen-bond acceptors (Lipinski definition) is 2. The van der Waals surface area contributed by atoms with Crippen molar-refractivity contribution >= 4 is 0 Å². The van der Waals surface area contributed by atoms with Crippen molar-refractivity contribution < 1.29 is 5.11 Å². The molecule has 1 rings (SSSR count). The Morgan fingerprint density at radius 1 is 1.24 bits per heavy atom. The van der Waals surface area contributed by atoms with Gasteiger partial charge in [-0.1, -0.05) is 32.9 Å². The summed E-state index contributed by atoms with van der Waals surface area (Å²) in [5.41, 5.74) is 8.98. The normalized spacial score (nSPS) is 11.1. The summed E-state index contributed by atoms with van der Waals surface area (Å²) in [6, 6.07) is 4.22. The van der Waals surface area contributed by atoms with Crippen molar-refractivity contribution in [3.63, 3.8) is 0 Å². The van der Waals surface area contributed by atoms with E-state index in [1.807, 2.05) is 0 Å². The molecule has 0 spiro atoms. The van der Waals surface area contributed by atoms with Crippen molar-refractivity contribution in [2.75, 3.05) is 6.54 Å². The van der Waals surface area contributed by atoms with E-state index in [1.165, 1.54) is 5.56 Å². The lowest BCUT2D eigenvalue weighted by Crippen LogP contribution is -2.03. The maximum Gasteiger partial charge on any atom is 0.122 e. The molecule has 96 valence electrons. The molecule has 1 aromatic rings. The van der Waals surface area contributed by atoms with Gasteiger partial charge in [0.2, 0.25) is 0 Å². The van der Waals surface area contributed by atoms with Crippen molar-refractivity contribution in [2.45, 2.75) is 52.4 Å². The Bertz CT molecular complexity index is 358. The van der Waals surface area contributed by atoms with Crippen LogP contribution in [0.3, 0.4) is 0 Å². The molecular formula is C15H25NO. The van der Waals surface area contributed by atoms with Crippen molar-refractivity contribution in [3.05, 3.63) is 28.8 Å². The highest BCUT2D eigenvalue weighted by atomic mass is 16.3. The molecule has 0 bridgehead atoms. The quantitative estimate of drug-likeness (QED) is 0.743. The molecule has 0 atom stereocenters. The van der Waals surface area contributed by atoms with Gasteiger partial charge in [-0.25, -0.2) is 0 Å². The molecule has 2 heteroatoms. The molecule has 3 N–H and O–H groups in total. The van der Waals surface area contributed by atoms with Crippen molar-refractivity contribution in [1.29, 1.82) is 0 Å². The average molecular weight is 235 g/mol. The van der Waals surface area contributed by atoms with Crippen LogP contribution in [0.4, 0.5) is 0 Å². The molecule has 0 unspecified atom stereocenters. The highest BCUT2D eigenvalue weighted by Gasteiger charge is 2.13. The number of hydrogen-bond donors (Lipinski definition) is 2. The molecule has 0 saturated carbocycles. The third-order valence-electron chi connectivity index (χ3n) is 3.29. The van der Waals surface area contributed by atoms with Crippen molar-refractivity contribution in [1.82, 2.24) is 0 Å². The lowest BCUT2D eigenvalue weighted by atomic mass is 9.90. The predicted octanol–water partition coefficient (Wildman–Crippen LogP) is 3.36. The second-order valence-corrected chi connectivity index (χ2v) is 4.90. The van der Waals surface area contributed by atoms with E-state index in [0.29, 0.717) is 11.7 Å². The van der Waals surface area contributed by atoms with E-state index in [4.69, 9.17) is 5.73 Å². The Morgan fingerprint density at radius 3 is 2.47 bits per heavy atom. The number of benzene rings is 1. The molecular weight excluding hydrogens is 210 g/mol. The molecule has 0 aliphatic carbocycles. The molecule has 0 aliphatic rings. The molecule has 0 saturated heterocycles. The van der Waals surface area contributed by atoms with E-state index in [0.717, 1.165) is 43.4 Å². The smallest absolute Gasteiger partial charge is 0.122 e. The lowest BCUT2D eigenvalue weighted by Gasteiger charge is -2.16. The summed E-state index contributed by atoms with van der Waals surface area (Å²) in [4.78, 5) is 0. The van der Waals surface area contributed by atoms with Gasteiger partial charge in [0, 0.05) is 0 Å². The first kappa shape index (κ1) is 14.0. The SMILES string of the molecule is CCc1ccc(C(C)C)c(CCCCN)c1O. The Balaban J connectivity index is 3.02. The van der Waals surface area contributed by atoms with Crippen LogP contribution in [-0.2, 0) is 12.8 Å². The van der Waals surface area contributed by atoms with Crippen LogP contribution in [-0.4, -0.2) is 11.7 Å². The molecule has 0 radical (unpaired) electrons. The lowest BCUT2D eigenvalue weighted by molar-refractivity contribution is 0.458. The van der Waals surface area contributed by atoms with Gasteiger partial charge in [0.15, 0.2) is 0 Å². The minimum Gasteiger partial charge on any atom is -0.507 e. The van der Waals surface area contributed by atoms with Crippen LogP contribution in [0.2, 0.25) is 0 Å². The zero-order valence-electron chi connectivity index (χ0n) is 11.3. The number of aryl methyl sites for hydroxylation is 1. The van der Waals surface area contributed by atoms with E-state index in [-0.39, 0.29) is 0 Å². The predicted molar refractivity (Wildman–Crippen MR) is 73.6 cm³/mol. The second kappa shape index (κ2) is 6.65. The van der Waals surface area contributed by atoms with E-state index >= 15 is 0 Å². The molecule has 2 nitrogen and oxygen atoms in total. The summed E-state index contributed by atoms with van der Waals surface area (Å²) in [6.07, 6.45) is 3.89. The van der Waals surface area contributed by atoms with Gasteiger partial charge in [0.05, 0.1) is 0 Å². The van der Waals surface area contributed by atoms with Crippen molar-refractivity contribution in [3.8, 4) is 5.75 Å².